The second-order valence-corrected chi connectivity index (χ2v) is 9.33. The zero-order valence-corrected chi connectivity index (χ0v) is 20.3. The molecule has 0 bridgehead atoms. The summed E-state index contributed by atoms with van der Waals surface area (Å²) >= 11 is 7.57. The van der Waals surface area contributed by atoms with Gasteiger partial charge < -0.3 is 10.1 Å². The minimum Gasteiger partial charge on any atom is -0.466 e. The Labute approximate surface area is 205 Å². The molecular weight excluding hydrogens is 478 g/mol. The number of ether oxygens (including phenoxy) is 1. The summed E-state index contributed by atoms with van der Waals surface area (Å²) in [5.74, 6) is -0.472. The van der Waals surface area contributed by atoms with Crippen molar-refractivity contribution in [3.63, 3.8) is 0 Å². The highest BCUT2D eigenvalue weighted by Crippen LogP contribution is 2.26. The minimum absolute atomic E-state index is 0.0821. The monoisotopic (exact) mass is 501 g/mol. The summed E-state index contributed by atoms with van der Waals surface area (Å²) in [5.41, 5.74) is 2.45. The van der Waals surface area contributed by atoms with E-state index < -0.39 is 24.3 Å². The molecule has 34 heavy (non-hydrogen) atoms. The molecule has 11 heteroatoms. The maximum atomic E-state index is 13.4. The van der Waals surface area contributed by atoms with Crippen molar-refractivity contribution in [3.8, 4) is 0 Å². The van der Waals surface area contributed by atoms with Crippen LogP contribution >= 0.6 is 22.9 Å². The van der Waals surface area contributed by atoms with Crippen molar-refractivity contribution in [2.75, 3.05) is 18.5 Å². The molecule has 178 valence electrons. The zero-order valence-electron chi connectivity index (χ0n) is 18.7. The van der Waals surface area contributed by atoms with Crippen LogP contribution in [0.25, 0.3) is 10.2 Å². The normalized spacial score (nSPS) is 16.0. The number of benzene rings is 2. The number of esters is 1. The highest BCUT2D eigenvalue weighted by Gasteiger charge is 2.38. The third-order valence-electron chi connectivity index (χ3n) is 5.20. The lowest BCUT2D eigenvalue weighted by Crippen LogP contribution is -2.67. The van der Waals surface area contributed by atoms with Crippen molar-refractivity contribution in [1.29, 1.82) is 0 Å². The van der Waals surface area contributed by atoms with Gasteiger partial charge in [-0.2, -0.15) is 0 Å². The number of hydrogen-bond acceptors (Lipinski definition) is 7. The van der Waals surface area contributed by atoms with Gasteiger partial charge in [-0.25, -0.2) is 19.5 Å². The number of aromatic nitrogens is 1. The molecule has 1 aromatic heterocycles. The minimum atomic E-state index is -0.805. The molecule has 1 atom stereocenters. The van der Waals surface area contributed by atoms with E-state index in [2.05, 4.69) is 15.6 Å². The number of amides is 4. The Balaban J connectivity index is 1.57. The van der Waals surface area contributed by atoms with Gasteiger partial charge in [-0.05, 0) is 49.7 Å². The molecule has 9 nitrogen and oxygen atoms in total. The Kier molecular flexibility index (Phi) is 7.18. The Morgan fingerprint density at radius 1 is 1.24 bits per heavy atom. The first-order chi connectivity index (χ1) is 16.3. The van der Waals surface area contributed by atoms with Crippen LogP contribution in [0.15, 0.2) is 42.5 Å². The summed E-state index contributed by atoms with van der Waals surface area (Å²) in [6.07, 6.45) is -0.887. The Bertz CT molecular complexity index is 1220. The van der Waals surface area contributed by atoms with E-state index in [0.29, 0.717) is 5.02 Å². The molecule has 0 spiro atoms. The number of carbonyl (C=O) groups excluding carboxylic acids is 3. The number of nitrogens with one attached hydrogen (secondary N) is 2. The van der Waals surface area contributed by atoms with E-state index in [4.69, 9.17) is 16.3 Å². The zero-order chi connectivity index (χ0) is 24.2. The summed E-state index contributed by atoms with van der Waals surface area (Å²) in [6.45, 7) is 4.00. The van der Waals surface area contributed by atoms with Gasteiger partial charge >= 0.3 is 18.0 Å². The first-order valence-electron chi connectivity index (χ1n) is 10.8. The second kappa shape index (κ2) is 10.3. The third-order valence-corrected chi connectivity index (χ3v) is 6.39. The lowest BCUT2D eigenvalue weighted by molar-refractivity contribution is -0.143. The standard InChI is InChI=1S/C23H24ClN5O4S/c1-3-33-20(30)10-11-28-22(31)27-21(26-17-8-9-18-19(12-17)34-14(2)25-18)29(23(28)32)13-15-4-6-16(24)7-5-15/h4-9,12,21,26H,3,10-11,13H2,1-2H3,(H,27,31). The molecule has 2 N–H and O–H groups in total. The molecule has 0 saturated carbocycles. The van der Waals surface area contributed by atoms with E-state index in [0.717, 1.165) is 31.4 Å². The number of fused-ring (bicyclic) bond motifs is 1. The van der Waals surface area contributed by atoms with E-state index in [1.165, 1.54) is 4.90 Å². The van der Waals surface area contributed by atoms with Crippen molar-refractivity contribution in [2.24, 2.45) is 0 Å². The number of thiazole rings is 1. The summed E-state index contributed by atoms with van der Waals surface area (Å²) in [5, 5.41) is 7.60. The Hall–Kier alpha value is -3.37. The van der Waals surface area contributed by atoms with Gasteiger partial charge in [0.2, 0.25) is 0 Å². The number of urea groups is 2. The van der Waals surface area contributed by atoms with Crippen molar-refractivity contribution in [3.05, 3.63) is 58.1 Å². The SMILES string of the molecule is CCOC(=O)CCN1C(=O)NC(Nc2ccc3nc(C)sc3c2)N(Cc2ccc(Cl)cc2)C1=O. The third kappa shape index (κ3) is 5.40. The van der Waals surface area contributed by atoms with Gasteiger partial charge in [0.15, 0.2) is 6.29 Å². The molecule has 3 aromatic rings. The predicted octanol–water partition coefficient (Wildman–Crippen LogP) is 4.55. The number of carbonyl (C=O) groups is 3. The smallest absolute Gasteiger partial charge is 0.331 e. The molecule has 1 unspecified atom stereocenters. The van der Waals surface area contributed by atoms with Crippen LogP contribution in [-0.2, 0) is 16.1 Å². The van der Waals surface area contributed by atoms with Gasteiger partial charge in [0.1, 0.15) is 0 Å². The Morgan fingerprint density at radius 3 is 2.74 bits per heavy atom. The van der Waals surface area contributed by atoms with Crippen LogP contribution in [0.1, 0.15) is 23.9 Å². The van der Waals surface area contributed by atoms with Crippen LogP contribution in [0.4, 0.5) is 15.3 Å². The van der Waals surface area contributed by atoms with E-state index in [-0.39, 0.29) is 26.1 Å². The average Bonchev–Trinajstić information content (AvgIpc) is 3.17. The molecule has 4 rings (SSSR count). The number of nitrogens with zero attached hydrogens (tertiary/aromatic N) is 3. The quantitative estimate of drug-likeness (QED) is 0.439. The van der Waals surface area contributed by atoms with Gasteiger partial charge in [-0.3, -0.25) is 15.0 Å². The van der Waals surface area contributed by atoms with E-state index in [9.17, 15) is 14.4 Å². The van der Waals surface area contributed by atoms with Crippen LogP contribution in [0, 0.1) is 6.92 Å². The maximum absolute atomic E-state index is 13.4. The average molecular weight is 502 g/mol. The highest BCUT2D eigenvalue weighted by atomic mass is 35.5. The number of rotatable bonds is 8. The number of imide groups is 1. The van der Waals surface area contributed by atoms with E-state index in [1.807, 2.05) is 37.3 Å². The van der Waals surface area contributed by atoms with Crippen molar-refractivity contribution < 1.29 is 19.1 Å². The second-order valence-electron chi connectivity index (χ2n) is 7.66. The molecule has 1 aliphatic heterocycles. The first kappa shape index (κ1) is 23.8. The van der Waals surface area contributed by atoms with Crippen molar-refractivity contribution >= 4 is 56.9 Å². The van der Waals surface area contributed by atoms with Gasteiger partial charge in [-0.15, -0.1) is 11.3 Å². The predicted molar refractivity (Wildman–Crippen MR) is 131 cm³/mol. The molecule has 0 radical (unpaired) electrons. The van der Waals surface area contributed by atoms with Crippen LogP contribution in [0.3, 0.4) is 0 Å². The number of halogens is 1. The van der Waals surface area contributed by atoms with Gasteiger partial charge in [0, 0.05) is 17.3 Å². The number of anilines is 1. The van der Waals surface area contributed by atoms with Crippen LogP contribution in [0.2, 0.25) is 5.02 Å². The molecule has 0 aliphatic carbocycles. The van der Waals surface area contributed by atoms with Crippen LogP contribution in [0.5, 0.6) is 0 Å². The van der Waals surface area contributed by atoms with Crippen molar-refractivity contribution in [1.82, 2.24) is 20.1 Å². The molecule has 2 aromatic carbocycles. The summed E-state index contributed by atoms with van der Waals surface area (Å²) in [4.78, 5) is 44.9. The van der Waals surface area contributed by atoms with Gasteiger partial charge in [-0.1, -0.05) is 23.7 Å². The van der Waals surface area contributed by atoms with E-state index >= 15 is 0 Å². The largest absolute Gasteiger partial charge is 0.466 e. The van der Waals surface area contributed by atoms with E-state index in [1.54, 1.807) is 30.4 Å². The molecular formula is C23H24ClN5O4S. The van der Waals surface area contributed by atoms with Crippen LogP contribution in [-0.4, -0.2) is 52.3 Å². The molecule has 2 heterocycles. The Morgan fingerprint density at radius 2 is 2.00 bits per heavy atom. The fourth-order valence-electron chi connectivity index (χ4n) is 3.61. The molecule has 1 fully saturated rings. The van der Waals surface area contributed by atoms with Gasteiger partial charge in [0.25, 0.3) is 0 Å². The lowest BCUT2D eigenvalue weighted by atomic mass is 10.2. The number of aryl methyl sites for hydroxylation is 1. The number of hydrogen-bond donors (Lipinski definition) is 2. The molecule has 4 amide bonds. The lowest BCUT2D eigenvalue weighted by Gasteiger charge is -2.41. The summed E-state index contributed by atoms with van der Waals surface area (Å²) in [7, 11) is 0. The molecule has 1 saturated heterocycles. The topological polar surface area (TPSA) is 104 Å². The highest BCUT2D eigenvalue weighted by molar-refractivity contribution is 7.18. The summed E-state index contributed by atoms with van der Waals surface area (Å²) < 4.78 is 5.92. The summed E-state index contributed by atoms with van der Waals surface area (Å²) in [6, 6.07) is 11.7. The van der Waals surface area contributed by atoms with Crippen LogP contribution < -0.4 is 10.6 Å². The van der Waals surface area contributed by atoms with Gasteiger partial charge in [0.05, 0.1) is 34.8 Å². The fourth-order valence-corrected chi connectivity index (χ4v) is 4.60. The molecule has 1 aliphatic rings. The first-order valence-corrected chi connectivity index (χ1v) is 12.0. The maximum Gasteiger partial charge on any atom is 0.331 e. The van der Waals surface area contributed by atoms with Crippen molar-refractivity contribution in [2.45, 2.75) is 33.1 Å². The fraction of sp³-hybridized carbons (Fsp3) is 0.304.